The smallest absolute Gasteiger partial charge is 0.145 e. The molecule has 0 unspecified atom stereocenters. The number of hydrogen-bond acceptors (Lipinski definition) is 1. The van der Waals surface area contributed by atoms with Crippen molar-refractivity contribution in [1.82, 2.24) is 0 Å². The van der Waals surface area contributed by atoms with E-state index in [0.717, 1.165) is 18.3 Å². The van der Waals surface area contributed by atoms with E-state index in [1.165, 1.54) is 50.5 Å². The van der Waals surface area contributed by atoms with E-state index in [-0.39, 0.29) is 0 Å². The predicted molar refractivity (Wildman–Crippen MR) is 55.7 cm³/mol. The zero-order valence-electron chi connectivity index (χ0n) is 8.64. The fourth-order valence-electron chi connectivity index (χ4n) is 2.01. The average molecular weight is 180 g/mol. The highest BCUT2D eigenvalue weighted by Crippen LogP contribution is 2.27. The molecule has 0 spiro atoms. The molecule has 0 saturated heterocycles. The van der Waals surface area contributed by atoms with E-state index < -0.39 is 0 Å². The zero-order chi connectivity index (χ0) is 9.52. The molecule has 1 nitrogen and oxygen atoms in total. The van der Waals surface area contributed by atoms with Crippen molar-refractivity contribution in [3.63, 3.8) is 0 Å². The van der Waals surface area contributed by atoms with Crippen LogP contribution in [-0.4, -0.2) is 6.29 Å². The second kappa shape index (κ2) is 5.95. The fourth-order valence-corrected chi connectivity index (χ4v) is 2.01. The normalized spacial score (nSPS) is 17.6. The van der Waals surface area contributed by atoms with E-state index in [2.05, 4.69) is 6.92 Å². The topological polar surface area (TPSA) is 17.1 Å². The van der Waals surface area contributed by atoms with Crippen LogP contribution in [0.3, 0.4) is 0 Å². The summed E-state index contributed by atoms with van der Waals surface area (Å²) in [7, 11) is 0. The molecule has 74 valence electrons. The Bertz CT molecular complexity index is 191. The van der Waals surface area contributed by atoms with Crippen LogP contribution in [0.4, 0.5) is 0 Å². The molecular formula is C12H20O. The molecular weight excluding hydrogens is 160 g/mol. The molecule has 13 heavy (non-hydrogen) atoms. The molecule has 1 aliphatic carbocycles. The third-order valence-corrected chi connectivity index (χ3v) is 2.85. The molecule has 1 aliphatic rings. The van der Waals surface area contributed by atoms with E-state index in [4.69, 9.17) is 0 Å². The summed E-state index contributed by atoms with van der Waals surface area (Å²) < 4.78 is 0. The summed E-state index contributed by atoms with van der Waals surface area (Å²) in [4.78, 5) is 10.7. The lowest BCUT2D eigenvalue weighted by Crippen LogP contribution is -2.01. The summed E-state index contributed by atoms with van der Waals surface area (Å²) in [6, 6.07) is 0. The fraction of sp³-hybridized carbons (Fsp3) is 0.750. The first-order valence-corrected chi connectivity index (χ1v) is 5.54. The first-order chi connectivity index (χ1) is 6.38. The number of carbonyl (C=O) groups excluding carboxylic acids is 1. The molecule has 0 aromatic rings. The van der Waals surface area contributed by atoms with Crippen molar-refractivity contribution in [3.8, 4) is 0 Å². The van der Waals surface area contributed by atoms with Crippen LogP contribution in [0.25, 0.3) is 0 Å². The van der Waals surface area contributed by atoms with Crippen LogP contribution in [-0.2, 0) is 4.79 Å². The van der Waals surface area contributed by atoms with Crippen molar-refractivity contribution >= 4 is 6.29 Å². The number of allylic oxidation sites excluding steroid dienone is 2. The lowest BCUT2D eigenvalue weighted by molar-refractivity contribution is -0.105. The molecule has 0 aromatic carbocycles. The van der Waals surface area contributed by atoms with Crippen LogP contribution in [0, 0.1) is 0 Å². The number of unbranched alkanes of at least 4 members (excludes halogenated alkanes) is 2. The highest BCUT2D eigenvalue weighted by molar-refractivity contribution is 5.74. The van der Waals surface area contributed by atoms with Crippen molar-refractivity contribution in [1.29, 1.82) is 0 Å². The Morgan fingerprint density at radius 2 is 2.00 bits per heavy atom. The average Bonchev–Trinajstić information content (AvgIpc) is 2.19. The molecule has 0 atom stereocenters. The highest BCUT2D eigenvalue weighted by Gasteiger charge is 2.10. The van der Waals surface area contributed by atoms with Gasteiger partial charge in [-0.2, -0.15) is 0 Å². The van der Waals surface area contributed by atoms with Crippen molar-refractivity contribution in [2.24, 2.45) is 0 Å². The standard InChI is InChI=1S/C12H20O/c1-2-3-4-7-11-8-5-6-9-12(11)10-13/h10H,2-9H2,1H3. The number of carbonyl (C=O) groups is 1. The van der Waals surface area contributed by atoms with Gasteiger partial charge in [-0.05, 0) is 44.1 Å². The molecule has 0 fully saturated rings. The molecule has 0 amide bonds. The van der Waals surface area contributed by atoms with Crippen LogP contribution in [0.5, 0.6) is 0 Å². The molecule has 0 N–H and O–H groups in total. The molecule has 1 rings (SSSR count). The molecule has 1 heteroatoms. The molecule has 0 aliphatic heterocycles. The van der Waals surface area contributed by atoms with Gasteiger partial charge in [0.1, 0.15) is 6.29 Å². The van der Waals surface area contributed by atoms with Gasteiger partial charge in [0, 0.05) is 0 Å². The SMILES string of the molecule is CCCCCC1=C(C=O)CCCC1. The summed E-state index contributed by atoms with van der Waals surface area (Å²) in [6.07, 6.45) is 10.8. The lowest BCUT2D eigenvalue weighted by Gasteiger charge is -2.16. The number of rotatable bonds is 5. The van der Waals surface area contributed by atoms with Crippen LogP contribution in [0.1, 0.15) is 58.3 Å². The minimum Gasteiger partial charge on any atom is -0.298 e. The predicted octanol–water partition coefficient (Wildman–Crippen LogP) is 3.64. The Morgan fingerprint density at radius 1 is 1.23 bits per heavy atom. The lowest BCUT2D eigenvalue weighted by atomic mass is 9.89. The van der Waals surface area contributed by atoms with E-state index in [0.29, 0.717) is 0 Å². The van der Waals surface area contributed by atoms with Gasteiger partial charge in [-0.3, -0.25) is 4.79 Å². The Balaban J connectivity index is 2.42. The Labute approximate surface area is 81.2 Å². The van der Waals surface area contributed by atoms with Crippen LogP contribution < -0.4 is 0 Å². The van der Waals surface area contributed by atoms with Gasteiger partial charge in [-0.25, -0.2) is 0 Å². The van der Waals surface area contributed by atoms with Gasteiger partial charge in [0.15, 0.2) is 0 Å². The van der Waals surface area contributed by atoms with E-state index in [9.17, 15) is 4.79 Å². The van der Waals surface area contributed by atoms with Crippen molar-refractivity contribution < 1.29 is 4.79 Å². The monoisotopic (exact) mass is 180 g/mol. The van der Waals surface area contributed by atoms with Gasteiger partial charge in [0.25, 0.3) is 0 Å². The largest absolute Gasteiger partial charge is 0.298 e. The van der Waals surface area contributed by atoms with Crippen molar-refractivity contribution in [2.75, 3.05) is 0 Å². The third kappa shape index (κ3) is 3.33. The van der Waals surface area contributed by atoms with Crippen LogP contribution >= 0.6 is 0 Å². The molecule has 0 saturated carbocycles. The van der Waals surface area contributed by atoms with Gasteiger partial charge in [-0.15, -0.1) is 0 Å². The minimum absolute atomic E-state index is 1.03. The summed E-state index contributed by atoms with van der Waals surface area (Å²) in [5.74, 6) is 0. The summed E-state index contributed by atoms with van der Waals surface area (Å²) >= 11 is 0. The third-order valence-electron chi connectivity index (χ3n) is 2.85. The Kier molecular flexibility index (Phi) is 4.81. The maximum absolute atomic E-state index is 10.7. The second-order valence-corrected chi connectivity index (χ2v) is 3.91. The second-order valence-electron chi connectivity index (χ2n) is 3.91. The number of hydrogen-bond donors (Lipinski definition) is 0. The maximum Gasteiger partial charge on any atom is 0.145 e. The summed E-state index contributed by atoms with van der Waals surface area (Å²) in [6.45, 7) is 2.22. The minimum atomic E-state index is 1.03. The van der Waals surface area contributed by atoms with Gasteiger partial charge in [0.2, 0.25) is 0 Å². The van der Waals surface area contributed by atoms with Crippen LogP contribution in [0.15, 0.2) is 11.1 Å². The Hall–Kier alpha value is -0.590. The van der Waals surface area contributed by atoms with Gasteiger partial charge in [-0.1, -0.05) is 25.3 Å². The molecule has 0 aromatic heterocycles. The van der Waals surface area contributed by atoms with Crippen molar-refractivity contribution in [2.45, 2.75) is 58.3 Å². The first kappa shape index (κ1) is 10.5. The van der Waals surface area contributed by atoms with Crippen molar-refractivity contribution in [3.05, 3.63) is 11.1 Å². The van der Waals surface area contributed by atoms with E-state index in [1.807, 2.05) is 0 Å². The quantitative estimate of drug-likeness (QED) is 0.466. The highest BCUT2D eigenvalue weighted by atomic mass is 16.1. The Morgan fingerprint density at radius 3 is 2.69 bits per heavy atom. The summed E-state index contributed by atoms with van der Waals surface area (Å²) in [5.41, 5.74) is 2.57. The van der Waals surface area contributed by atoms with Gasteiger partial charge < -0.3 is 0 Å². The molecule has 0 heterocycles. The number of aldehydes is 1. The van der Waals surface area contributed by atoms with E-state index in [1.54, 1.807) is 0 Å². The zero-order valence-corrected chi connectivity index (χ0v) is 8.64. The van der Waals surface area contributed by atoms with Gasteiger partial charge in [0.05, 0.1) is 0 Å². The summed E-state index contributed by atoms with van der Waals surface area (Å²) in [5, 5.41) is 0. The molecule has 0 bridgehead atoms. The van der Waals surface area contributed by atoms with Gasteiger partial charge >= 0.3 is 0 Å². The molecule has 0 radical (unpaired) electrons. The maximum atomic E-state index is 10.7. The van der Waals surface area contributed by atoms with E-state index >= 15 is 0 Å². The van der Waals surface area contributed by atoms with Crippen LogP contribution in [0.2, 0.25) is 0 Å². The first-order valence-electron chi connectivity index (χ1n) is 5.54.